The van der Waals surface area contributed by atoms with Crippen LogP contribution in [-0.4, -0.2) is 24.7 Å². The number of ketones is 2. The number of carbonyl (C=O) groups is 2. The number of rotatable bonds is 8. The zero-order valence-corrected chi connectivity index (χ0v) is 20.5. The van der Waals surface area contributed by atoms with Gasteiger partial charge >= 0.3 is 0 Å². The second-order valence-electron chi connectivity index (χ2n) is 9.78. The van der Waals surface area contributed by atoms with E-state index in [0.717, 1.165) is 16.7 Å². The standard InChI is InChI=1S/C26H34O4S/c1-17(2)12-24(27)22-13-18(3)23(19(4)14-22)15-25(28)21-10-8-20(9-11-21)16-31(29,30)26(5,6)7/h8-11,13-14,17H,12,15-16H2,1-7H3. The summed E-state index contributed by atoms with van der Waals surface area (Å²) < 4.78 is 24.0. The van der Waals surface area contributed by atoms with Crippen molar-refractivity contribution in [1.29, 1.82) is 0 Å². The number of aryl methyl sites for hydroxylation is 2. The summed E-state index contributed by atoms with van der Waals surface area (Å²) in [5.41, 5.74) is 4.74. The van der Waals surface area contributed by atoms with Gasteiger partial charge in [0, 0.05) is 24.0 Å². The molecule has 0 aliphatic rings. The number of hydrogen-bond acceptors (Lipinski definition) is 4. The van der Waals surface area contributed by atoms with E-state index in [9.17, 15) is 18.0 Å². The number of sulfone groups is 1. The number of carbonyl (C=O) groups excluding carboxylic acids is 2. The van der Waals surface area contributed by atoms with Gasteiger partial charge in [0.25, 0.3) is 0 Å². The molecule has 4 nitrogen and oxygen atoms in total. The molecular weight excluding hydrogens is 408 g/mol. The molecule has 0 heterocycles. The van der Waals surface area contributed by atoms with Crippen LogP contribution in [0.2, 0.25) is 0 Å². The van der Waals surface area contributed by atoms with E-state index in [1.165, 1.54) is 0 Å². The van der Waals surface area contributed by atoms with Gasteiger partial charge in [-0.05, 0) is 74.9 Å². The first-order valence-electron chi connectivity index (χ1n) is 10.7. The van der Waals surface area contributed by atoms with Gasteiger partial charge in [0.2, 0.25) is 0 Å². The van der Waals surface area contributed by atoms with Gasteiger partial charge in [-0.2, -0.15) is 0 Å². The maximum absolute atomic E-state index is 12.9. The predicted molar refractivity (Wildman–Crippen MR) is 127 cm³/mol. The molecule has 0 aliphatic carbocycles. The van der Waals surface area contributed by atoms with Crippen LogP contribution in [0.3, 0.4) is 0 Å². The Kier molecular flexibility index (Phi) is 7.64. The lowest BCUT2D eigenvalue weighted by molar-refractivity contribution is 0.0966. The molecule has 0 aliphatic heterocycles. The molecule has 0 N–H and O–H groups in total. The largest absolute Gasteiger partial charge is 0.294 e. The SMILES string of the molecule is Cc1cc(C(=O)CC(C)C)cc(C)c1CC(=O)c1ccc(CS(=O)(=O)C(C)(C)C)cc1. The second-order valence-corrected chi connectivity index (χ2v) is 12.5. The predicted octanol–water partition coefficient (Wildman–Crippen LogP) is 5.67. The Labute approximate surface area is 187 Å². The molecule has 0 unspecified atom stereocenters. The molecule has 0 amide bonds. The number of benzene rings is 2. The van der Waals surface area contributed by atoms with Crippen molar-refractivity contribution >= 4 is 21.4 Å². The number of Topliss-reactive ketones (excluding diaryl/α,β-unsaturated/α-hetero) is 2. The molecule has 0 bridgehead atoms. The molecule has 2 aromatic rings. The van der Waals surface area contributed by atoms with E-state index < -0.39 is 14.6 Å². The first-order chi connectivity index (χ1) is 14.2. The Hall–Kier alpha value is -2.27. The summed E-state index contributed by atoms with van der Waals surface area (Å²) in [7, 11) is -3.28. The van der Waals surface area contributed by atoms with E-state index in [0.29, 0.717) is 29.0 Å². The maximum atomic E-state index is 12.9. The summed E-state index contributed by atoms with van der Waals surface area (Å²) in [5.74, 6) is 0.350. The van der Waals surface area contributed by atoms with E-state index in [4.69, 9.17) is 0 Å². The first-order valence-corrected chi connectivity index (χ1v) is 12.3. The van der Waals surface area contributed by atoms with Crippen molar-refractivity contribution in [3.63, 3.8) is 0 Å². The van der Waals surface area contributed by atoms with Crippen LogP contribution in [0.5, 0.6) is 0 Å². The highest BCUT2D eigenvalue weighted by atomic mass is 32.2. The molecular formula is C26H34O4S. The molecule has 2 aromatic carbocycles. The molecule has 0 fully saturated rings. The van der Waals surface area contributed by atoms with Crippen LogP contribution in [-0.2, 0) is 22.0 Å². The summed E-state index contributed by atoms with van der Waals surface area (Å²) in [4.78, 5) is 25.3. The van der Waals surface area contributed by atoms with Crippen LogP contribution in [0.4, 0.5) is 0 Å². The average molecular weight is 443 g/mol. The molecule has 5 heteroatoms. The third-order valence-corrected chi connectivity index (χ3v) is 8.09. The van der Waals surface area contributed by atoms with Crippen LogP contribution in [0.15, 0.2) is 36.4 Å². The van der Waals surface area contributed by atoms with Crippen LogP contribution in [0, 0.1) is 19.8 Å². The van der Waals surface area contributed by atoms with Gasteiger partial charge < -0.3 is 0 Å². The fraction of sp³-hybridized carbons (Fsp3) is 0.462. The molecule has 0 saturated heterocycles. The van der Waals surface area contributed by atoms with Crippen LogP contribution in [0.25, 0.3) is 0 Å². The lowest BCUT2D eigenvalue weighted by atomic mass is 9.91. The van der Waals surface area contributed by atoms with Gasteiger partial charge in [0.05, 0.1) is 10.5 Å². The fourth-order valence-electron chi connectivity index (χ4n) is 3.41. The second kappa shape index (κ2) is 9.47. The van der Waals surface area contributed by atoms with Gasteiger partial charge in [0.15, 0.2) is 21.4 Å². The smallest absolute Gasteiger partial charge is 0.167 e. The fourth-order valence-corrected chi connectivity index (χ4v) is 4.47. The summed E-state index contributed by atoms with van der Waals surface area (Å²) in [5, 5.41) is 0. The van der Waals surface area contributed by atoms with Crippen molar-refractivity contribution in [2.24, 2.45) is 5.92 Å². The van der Waals surface area contributed by atoms with Gasteiger partial charge in [0.1, 0.15) is 0 Å². The van der Waals surface area contributed by atoms with E-state index in [1.54, 1.807) is 45.0 Å². The third-order valence-electron chi connectivity index (χ3n) is 5.51. The molecule has 0 atom stereocenters. The first kappa shape index (κ1) is 25.0. The Balaban J connectivity index is 2.18. The van der Waals surface area contributed by atoms with E-state index in [1.807, 2.05) is 39.8 Å². The van der Waals surface area contributed by atoms with Crippen LogP contribution in [0.1, 0.15) is 84.0 Å². The van der Waals surface area contributed by atoms with Crippen molar-refractivity contribution in [2.45, 2.75) is 71.8 Å². The maximum Gasteiger partial charge on any atom is 0.167 e. The zero-order chi connectivity index (χ0) is 23.6. The molecule has 0 aromatic heterocycles. The van der Waals surface area contributed by atoms with Crippen LogP contribution >= 0.6 is 0 Å². The van der Waals surface area contributed by atoms with Gasteiger partial charge in [-0.1, -0.05) is 38.1 Å². The summed E-state index contributed by atoms with van der Waals surface area (Å²) in [6.07, 6.45) is 0.754. The van der Waals surface area contributed by atoms with E-state index >= 15 is 0 Å². The van der Waals surface area contributed by atoms with Crippen LogP contribution < -0.4 is 0 Å². The van der Waals surface area contributed by atoms with Gasteiger partial charge in [-0.3, -0.25) is 9.59 Å². The normalized spacial score (nSPS) is 12.3. The Morgan fingerprint density at radius 1 is 0.871 bits per heavy atom. The zero-order valence-electron chi connectivity index (χ0n) is 19.7. The van der Waals surface area contributed by atoms with E-state index in [2.05, 4.69) is 0 Å². The minimum atomic E-state index is -3.28. The summed E-state index contributed by atoms with van der Waals surface area (Å²) in [6, 6.07) is 10.6. The Morgan fingerprint density at radius 2 is 1.39 bits per heavy atom. The third kappa shape index (κ3) is 6.36. The Bertz CT molecular complexity index is 1050. The monoisotopic (exact) mass is 442 g/mol. The summed E-state index contributed by atoms with van der Waals surface area (Å²) >= 11 is 0. The highest BCUT2D eigenvalue weighted by Gasteiger charge is 2.29. The molecule has 0 radical (unpaired) electrons. The van der Waals surface area contributed by atoms with Gasteiger partial charge in [-0.25, -0.2) is 8.42 Å². The molecule has 0 saturated carbocycles. The van der Waals surface area contributed by atoms with Crippen molar-refractivity contribution < 1.29 is 18.0 Å². The van der Waals surface area contributed by atoms with Crippen molar-refractivity contribution in [2.75, 3.05) is 0 Å². The quantitative estimate of drug-likeness (QED) is 0.494. The van der Waals surface area contributed by atoms with Gasteiger partial charge in [-0.15, -0.1) is 0 Å². The topological polar surface area (TPSA) is 68.3 Å². The molecule has 31 heavy (non-hydrogen) atoms. The minimum Gasteiger partial charge on any atom is -0.294 e. The molecule has 0 spiro atoms. The lowest BCUT2D eigenvalue weighted by Crippen LogP contribution is -2.29. The highest BCUT2D eigenvalue weighted by molar-refractivity contribution is 7.91. The summed E-state index contributed by atoms with van der Waals surface area (Å²) in [6.45, 7) is 13.0. The molecule has 2 rings (SSSR count). The molecule has 168 valence electrons. The lowest BCUT2D eigenvalue weighted by Gasteiger charge is -2.19. The van der Waals surface area contributed by atoms with E-state index in [-0.39, 0.29) is 23.7 Å². The van der Waals surface area contributed by atoms with Crippen molar-refractivity contribution in [1.82, 2.24) is 0 Å². The highest BCUT2D eigenvalue weighted by Crippen LogP contribution is 2.23. The van der Waals surface area contributed by atoms with Crippen molar-refractivity contribution in [3.05, 3.63) is 69.8 Å². The van der Waals surface area contributed by atoms with Crippen molar-refractivity contribution in [3.8, 4) is 0 Å². The Morgan fingerprint density at radius 3 is 1.84 bits per heavy atom. The number of hydrogen-bond donors (Lipinski definition) is 0. The minimum absolute atomic E-state index is 0.0299. The average Bonchev–Trinajstić information content (AvgIpc) is 2.63.